The number of amides is 1. The predicted molar refractivity (Wildman–Crippen MR) is 129 cm³/mol. The van der Waals surface area contributed by atoms with Crippen molar-refractivity contribution < 1.29 is 17.9 Å². The largest absolute Gasteiger partial charge is 0.373 e. The molecule has 2 atom stereocenters. The number of fused-ring (bicyclic) bond motifs is 1. The van der Waals surface area contributed by atoms with Crippen LogP contribution in [0.5, 0.6) is 0 Å². The van der Waals surface area contributed by atoms with E-state index in [9.17, 15) is 18.5 Å². The van der Waals surface area contributed by atoms with Gasteiger partial charge in [0.05, 0.1) is 23.3 Å². The van der Waals surface area contributed by atoms with Crippen molar-refractivity contribution >= 4 is 27.3 Å². The molecular weight excluding hydrogens is 468 g/mol. The van der Waals surface area contributed by atoms with Crippen LogP contribution in [0.15, 0.2) is 35.4 Å². The van der Waals surface area contributed by atoms with Crippen molar-refractivity contribution in [3.05, 3.63) is 53.0 Å². The summed E-state index contributed by atoms with van der Waals surface area (Å²) in [6.07, 6.45) is 1.81. The molecular formula is C24H28N6O4S. The third-order valence-electron chi connectivity index (χ3n) is 6.09. The molecule has 184 valence electrons. The van der Waals surface area contributed by atoms with Crippen LogP contribution in [-0.2, 0) is 26.0 Å². The molecule has 0 saturated carbocycles. The van der Waals surface area contributed by atoms with E-state index in [0.717, 1.165) is 17.0 Å². The van der Waals surface area contributed by atoms with Crippen LogP contribution in [0.2, 0.25) is 0 Å². The Morgan fingerprint density at radius 3 is 2.49 bits per heavy atom. The highest BCUT2D eigenvalue weighted by Crippen LogP contribution is 2.23. The van der Waals surface area contributed by atoms with Gasteiger partial charge in [0.25, 0.3) is 0 Å². The number of aromatic nitrogens is 3. The summed E-state index contributed by atoms with van der Waals surface area (Å²) in [5, 5.41) is 16.3. The van der Waals surface area contributed by atoms with Crippen LogP contribution in [0.4, 0.5) is 5.69 Å². The highest BCUT2D eigenvalue weighted by atomic mass is 32.2. The van der Waals surface area contributed by atoms with Gasteiger partial charge >= 0.3 is 0 Å². The van der Waals surface area contributed by atoms with Crippen molar-refractivity contribution in [1.29, 1.82) is 5.26 Å². The van der Waals surface area contributed by atoms with Crippen molar-refractivity contribution in [1.82, 2.24) is 18.9 Å². The van der Waals surface area contributed by atoms with E-state index in [2.05, 4.69) is 21.5 Å². The number of rotatable bonds is 6. The number of anilines is 1. The van der Waals surface area contributed by atoms with Crippen LogP contribution in [0, 0.1) is 25.2 Å². The average Bonchev–Trinajstić information content (AvgIpc) is 3.21. The molecule has 2 unspecified atom stereocenters. The highest BCUT2D eigenvalue weighted by Gasteiger charge is 2.32. The lowest BCUT2D eigenvalue weighted by molar-refractivity contribution is -0.116. The van der Waals surface area contributed by atoms with E-state index in [-0.39, 0.29) is 29.4 Å². The summed E-state index contributed by atoms with van der Waals surface area (Å²) >= 11 is 0. The molecule has 3 heterocycles. The molecule has 1 aliphatic rings. The lowest BCUT2D eigenvalue weighted by Gasteiger charge is -2.34. The summed E-state index contributed by atoms with van der Waals surface area (Å²) in [6, 6.07) is 8.28. The van der Waals surface area contributed by atoms with Crippen LogP contribution in [0.3, 0.4) is 0 Å². The highest BCUT2D eigenvalue weighted by molar-refractivity contribution is 7.89. The number of benzene rings is 1. The minimum Gasteiger partial charge on any atom is -0.373 e. The van der Waals surface area contributed by atoms with Gasteiger partial charge in [0.1, 0.15) is 11.6 Å². The summed E-state index contributed by atoms with van der Waals surface area (Å²) in [6.45, 7) is 8.06. The number of carbonyl (C=O) groups is 1. The molecule has 2 aromatic heterocycles. The quantitative estimate of drug-likeness (QED) is 0.555. The van der Waals surface area contributed by atoms with Crippen molar-refractivity contribution in [3.8, 4) is 6.07 Å². The third kappa shape index (κ3) is 5.05. The second kappa shape index (κ2) is 9.73. The lowest BCUT2D eigenvalue weighted by atomic mass is 10.1. The van der Waals surface area contributed by atoms with Crippen molar-refractivity contribution in [3.63, 3.8) is 0 Å². The zero-order valence-corrected chi connectivity index (χ0v) is 21.0. The molecule has 10 nitrogen and oxygen atoms in total. The van der Waals surface area contributed by atoms with Crippen molar-refractivity contribution in [2.75, 3.05) is 18.4 Å². The van der Waals surface area contributed by atoms with Crippen LogP contribution < -0.4 is 5.32 Å². The van der Waals surface area contributed by atoms with Crippen molar-refractivity contribution in [2.45, 2.75) is 57.6 Å². The second-order valence-corrected chi connectivity index (χ2v) is 10.8. The Labute approximate surface area is 204 Å². The summed E-state index contributed by atoms with van der Waals surface area (Å²) in [5.41, 5.74) is 3.92. The molecule has 11 heteroatoms. The molecule has 0 spiro atoms. The van der Waals surface area contributed by atoms with Crippen molar-refractivity contribution in [2.24, 2.45) is 0 Å². The molecule has 3 aromatic rings. The first kappa shape index (κ1) is 24.8. The fourth-order valence-electron chi connectivity index (χ4n) is 4.40. The number of nitriles is 1. The summed E-state index contributed by atoms with van der Waals surface area (Å²) in [7, 11) is -3.64. The standard InChI is InChI=1S/C24H28N6O4S/c1-15-13-29(14-16(2)34-15)35(32,33)21-7-5-20(6-8-21)28-23(31)10-9-22-17(3)27-24-19(11-25)12-26-30(24)18(22)4/h5-8,12,15-16H,9-10,13-14H2,1-4H3,(H,28,31). The number of carbonyl (C=O) groups excluding carboxylic acids is 1. The summed E-state index contributed by atoms with van der Waals surface area (Å²) < 4.78 is 34.7. The fraction of sp³-hybridized carbons (Fsp3) is 0.417. The normalized spacial score (nSPS) is 18.9. The van der Waals surface area contributed by atoms with E-state index in [1.165, 1.54) is 22.6 Å². The van der Waals surface area contributed by atoms with Gasteiger partial charge in [0.15, 0.2) is 5.65 Å². The minimum atomic E-state index is -3.64. The fourth-order valence-corrected chi connectivity index (χ4v) is 5.99. The van der Waals surface area contributed by atoms with Gasteiger partial charge in [-0.1, -0.05) is 0 Å². The lowest BCUT2D eigenvalue weighted by Crippen LogP contribution is -2.48. The topological polar surface area (TPSA) is 130 Å². The maximum absolute atomic E-state index is 13.0. The molecule has 4 rings (SSSR count). The zero-order valence-electron chi connectivity index (χ0n) is 20.1. The Morgan fingerprint density at radius 1 is 1.20 bits per heavy atom. The first-order valence-electron chi connectivity index (χ1n) is 11.4. The summed E-state index contributed by atoms with van der Waals surface area (Å²) in [5.74, 6) is -0.200. The Balaban J connectivity index is 1.41. The number of aryl methyl sites for hydroxylation is 2. The van der Waals surface area contributed by atoms with Gasteiger partial charge < -0.3 is 10.1 Å². The third-order valence-corrected chi connectivity index (χ3v) is 7.94. The van der Waals surface area contributed by atoms with Gasteiger partial charge in [-0.25, -0.2) is 17.9 Å². The first-order chi connectivity index (χ1) is 16.6. The van der Waals surface area contributed by atoms with Crippen LogP contribution in [-0.4, -0.2) is 58.5 Å². The van der Waals surface area contributed by atoms with E-state index in [1.54, 1.807) is 16.6 Å². The Bertz CT molecular complexity index is 1400. The zero-order chi connectivity index (χ0) is 25.3. The number of nitrogens with zero attached hydrogens (tertiary/aromatic N) is 5. The monoisotopic (exact) mass is 496 g/mol. The first-order valence-corrected chi connectivity index (χ1v) is 12.8. The molecule has 35 heavy (non-hydrogen) atoms. The maximum atomic E-state index is 13.0. The molecule has 1 N–H and O–H groups in total. The molecule has 0 radical (unpaired) electrons. The number of sulfonamides is 1. The van der Waals surface area contributed by atoms with Gasteiger partial charge in [-0.2, -0.15) is 14.7 Å². The number of nitrogens with one attached hydrogen (secondary N) is 1. The Kier molecular flexibility index (Phi) is 6.89. The maximum Gasteiger partial charge on any atom is 0.243 e. The van der Waals surface area contributed by atoms with Gasteiger partial charge in [-0.3, -0.25) is 4.79 Å². The van der Waals surface area contributed by atoms with Crippen LogP contribution in [0.1, 0.15) is 42.8 Å². The smallest absolute Gasteiger partial charge is 0.243 e. The molecule has 1 aromatic carbocycles. The Morgan fingerprint density at radius 2 is 1.86 bits per heavy atom. The van der Waals surface area contributed by atoms with Gasteiger partial charge in [-0.15, -0.1) is 0 Å². The van der Waals surface area contributed by atoms with E-state index >= 15 is 0 Å². The van der Waals surface area contributed by atoms with Crippen LogP contribution in [0.25, 0.3) is 5.65 Å². The van der Waals surface area contributed by atoms with Crippen LogP contribution >= 0.6 is 0 Å². The Hall–Kier alpha value is -3.33. The minimum absolute atomic E-state index is 0.169. The molecule has 0 bridgehead atoms. The number of hydrogen-bond donors (Lipinski definition) is 1. The second-order valence-electron chi connectivity index (χ2n) is 8.82. The molecule has 1 amide bonds. The van der Waals surface area contributed by atoms with Gasteiger partial charge in [0, 0.05) is 36.6 Å². The van der Waals surface area contributed by atoms with E-state index < -0.39 is 10.0 Å². The number of morpholine rings is 1. The van der Waals surface area contributed by atoms with E-state index in [4.69, 9.17) is 4.74 Å². The SMILES string of the molecule is Cc1nc2c(C#N)cnn2c(C)c1CCC(=O)Nc1ccc(S(=O)(=O)N2CC(C)OC(C)C2)cc1. The number of hydrogen-bond acceptors (Lipinski definition) is 7. The summed E-state index contributed by atoms with van der Waals surface area (Å²) in [4.78, 5) is 17.3. The predicted octanol–water partition coefficient (Wildman–Crippen LogP) is 2.59. The van der Waals surface area contributed by atoms with Gasteiger partial charge in [-0.05, 0) is 63.9 Å². The molecule has 0 aliphatic carbocycles. The van der Waals surface area contributed by atoms with E-state index in [0.29, 0.717) is 36.4 Å². The van der Waals surface area contributed by atoms with Gasteiger partial charge in [0.2, 0.25) is 15.9 Å². The van der Waals surface area contributed by atoms with E-state index in [1.807, 2.05) is 27.7 Å². The number of ether oxygens (including phenoxy) is 1. The molecule has 1 saturated heterocycles. The average molecular weight is 497 g/mol. The molecule has 1 fully saturated rings. The molecule has 1 aliphatic heterocycles.